The molecule has 62 heavy (non-hydrogen) atoms. The number of carbonyl (C=O) groups excluding carboxylic acids is 3. The highest BCUT2D eigenvalue weighted by Gasteiger charge is 2.12. The van der Waals surface area contributed by atoms with Crippen LogP contribution < -0.4 is 33.9 Å². The number of H-pyrrole nitrogens is 5. The van der Waals surface area contributed by atoms with Crippen LogP contribution in [0.2, 0.25) is 0 Å². The van der Waals surface area contributed by atoms with E-state index in [1.54, 1.807) is 38.1 Å². The smallest absolute Gasteiger partial charge is 0.261 e. The number of nitrogens with zero attached hydrogens (tertiary/aromatic N) is 3. The number of nitrogens with one attached hydrogen (secondary N) is 5. The van der Waals surface area contributed by atoms with E-state index in [2.05, 4.69) is 39.9 Å². The quantitative estimate of drug-likeness (QED) is 0.0814. The van der Waals surface area contributed by atoms with Crippen molar-refractivity contribution in [1.29, 1.82) is 0 Å². The van der Waals surface area contributed by atoms with Gasteiger partial charge in [0.05, 0.1) is 21.0 Å². The van der Waals surface area contributed by atoms with Crippen molar-refractivity contribution in [3.63, 3.8) is 0 Å². The molecule has 0 saturated heterocycles. The summed E-state index contributed by atoms with van der Waals surface area (Å²) in [5, 5.41) is 1.53. The zero-order chi connectivity index (χ0) is 44.2. The summed E-state index contributed by atoms with van der Waals surface area (Å²) >= 11 is 2.91. The number of aromatic amines is 5. The number of nitrogens with two attached hydrogens (primary N) is 3. The average molecular weight is 870 g/mol. The van der Waals surface area contributed by atoms with Crippen LogP contribution in [-0.2, 0) is 19.3 Å². The maximum absolute atomic E-state index is 11.8. The van der Waals surface area contributed by atoms with Gasteiger partial charge in [-0.05, 0) is 62.2 Å². The Morgan fingerprint density at radius 3 is 1.45 bits per heavy atom. The van der Waals surface area contributed by atoms with Crippen molar-refractivity contribution >= 4 is 90.2 Å². The first-order valence-electron chi connectivity index (χ1n) is 18.9. The fourth-order valence-corrected chi connectivity index (χ4v) is 8.44. The Morgan fingerprint density at radius 2 is 0.968 bits per heavy atom. The molecule has 7 heterocycles. The molecule has 314 valence electrons. The predicted octanol–water partition coefficient (Wildman–Crippen LogP) is 5.68. The fraction of sp³-hybridized carbons (Fsp3) is 0.140. The first-order valence-corrected chi connectivity index (χ1v) is 20.5. The number of benzene rings is 2. The van der Waals surface area contributed by atoms with E-state index in [0.29, 0.717) is 62.7 Å². The van der Waals surface area contributed by atoms with Gasteiger partial charge in [0.1, 0.15) is 16.1 Å². The van der Waals surface area contributed by atoms with E-state index in [9.17, 15) is 28.8 Å². The van der Waals surface area contributed by atoms with Crippen LogP contribution in [0.3, 0.4) is 0 Å². The highest BCUT2D eigenvalue weighted by atomic mass is 32.1. The number of hydrogen-bond acceptors (Lipinski definition) is 14. The number of thiophene rings is 2. The van der Waals surface area contributed by atoms with Gasteiger partial charge in [-0.1, -0.05) is 48.5 Å². The van der Waals surface area contributed by atoms with Crippen molar-refractivity contribution < 1.29 is 14.4 Å². The highest BCUT2D eigenvalue weighted by molar-refractivity contribution is 7.18. The maximum atomic E-state index is 11.8. The van der Waals surface area contributed by atoms with E-state index in [1.807, 2.05) is 54.6 Å². The zero-order valence-corrected chi connectivity index (χ0v) is 35.1. The monoisotopic (exact) mass is 869 g/mol. The van der Waals surface area contributed by atoms with Crippen LogP contribution in [0.15, 0.2) is 93.2 Å². The lowest BCUT2D eigenvalue weighted by Crippen LogP contribution is -2.09. The molecule has 11 N–H and O–H groups in total. The first kappa shape index (κ1) is 42.4. The Bertz CT molecular complexity index is 3170. The molecule has 0 radical (unpaired) electrons. The average Bonchev–Trinajstić information content (AvgIpc) is 4.02. The first-order chi connectivity index (χ1) is 29.6. The third-order valence-electron chi connectivity index (χ3n) is 9.48. The number of ketones is 3. The normalized spacial score (nSPS) is 11.0. The molecule has 2 aromatic carbocycles. The lowest BCUT2D eigenvalue weighted by atomic mass is 10.1. The van der Waals surface area contributed by atoms with Crippen molar-refractivity contribution in [2.24, 2.45) is 0 Å². The van der Waals surface area contributed by atoms with Gasteiger partial charge in [-0.2, -0.15) is 9.97 Å². The molecule has 17 nitrogen and oxygen atoms in total. The van der Waals surface area contributed by atoms with Gasteiger partial charge in [0.15, 0.2) is 17.3 Å². The largest absolute Gasteiger partial charge is 0.369 e. The molecule has 0 amide bonds. The van der Waals surface area contributed by atoms with Crippen molar-refractivity contribution in [2.45, 2.75) is 40.0 Å². The lowest BCUT2D eigenvalue weighted by Gasteiger charge is -2.00. The van der Waals surface area contributed by atoms with E-state index in [0.717, 1.165) is 37.1 Å². The highest BCUT2D eigenvalue weighted by Crippen LogP contribution is 2.25. The van der Waals surface area contributed by atoms with Gasteiger partial charge in [-0.25, -0.2) is 4.98 Å². The minimum Gasteiger partial charge on any atom is -0.369 e. The summed E-state index contributed by atoms with van der Waals surface area (Å²) in [7, 11) is 0. The number of rotatable bonds is 9. The van der Waals surface area contributed by atoms with E-state index in [4.69, 9.17) is 17.2 Å². The standard InChI is InChI=1S/C15H14N4O2.C15H13N3O2S.C13H12N4O2S/c1-8(20)10-4-2-9(3-5-10)6-11-7-12-13(17-11)18-15(16)19-14(12)21;1-8(19)10-4-2-9(3-5-10)6-11-7-12-13(20)17-15(16)18-14(12)21-11;1-6(18)10-3-2-8(20-10)4-7-5-9-11(15-7)16-13(14)17-12(9)19/h2-5,7H,6H2,1H3,(H4,16,17,18,19,21);2-5,7H,6H2,1H3,(H3,16,17,18,20);2-3,5H,4H2,1H3,(H4,14,15,16,17,19). The van der Waals surface area contributed by atoms with Gasteiger partial charge < -0.3 is 27.2 Å². The summed E-state index contributed by atoms with van der Waals surface area (Å²) in [5.74, 6) is 0.459. The zero-order valence-electron chi connectivity index (χ0n) is 33.5. The van der Waals surface area contributed by atoms with Gasteiger partial charge >= 0.3 is 0 Å². The molecule has 0 saturated carbocycles. The third-order valence-corrected chi connectivity index (χ3v) is 11.7. The van der Waals surface area contributed by atoms with Crippen LogP contribution >= 0.6 is 22.7 Å². The third kappa shape index (κ3) is 9.97. The summed E-state index contributed by atoms with van der Waals surface area (Å²) in [6, 6.07) is 23.9. The number of fused-ring (bicyclic) bond motifs is 3. The molecule has 19 heteroatoms. The van der Waals surface area contributed by atoms with Crippen molar-refractivity contribution in [2.75, 3.05) is 17.2 Å². The minimum absolute atomic E-state index is 0.0402. The van der Waals surface area contributed by atoms with E-state index in [1.165, 1.54) is 29.6 Å². The number of hydrogen-bond donors (Lipinski definition) is 8. The van der Waals surface area contributed by atoms with E-state index >= 15 is 0 Å². The summed E-state index contributed by atoms with van der Waals surface area (Å²) in [4.78, 5) is 98.3. The number of carbonyl (C=O) groups is 3. The molecule has 0 spiro atoms. The Labute approximate surface area is 358 Å². The second-order valence-electron chi connectivity index (χ2n) is 14.3. The van der Waals surface area contributed by atoms with Crippen molar-refractivity contribution in [3.8, 4) is 0 Å². The Morgan fingerprint density at radius 1 is 0.500 bits per heavy atom. The Balaban J connectivity index is 0.000000140. The summed E-state index contributed by atoms with van der Waals surface area (Å²) in [5.41, 5.74) is 22.0. The molecule has 9 aromatic rings. The Kier molecular flexibility index (Phi) is 12.2. The second kappa shape index (κ2) is 17.8. The Hall–Kier alpha value is -7.77. The van der Waals surface area contributed by atoms with Gasteiger partial charge in [0.2, 0.25) is 17.8 Å². The minimum atomic E-state index is -0.259. The van der Waals surface area contributed by atoms with Gasteiger partial charge in [0, 0.05) is 51.5 Å². The molecule has 9 rings (SSSR count). The van der Waals surface area contributed by atoms with Gasteiger partial charge in [-0.3, -0.25) is 43.7 Å². The maximum Gasteiger partial charge on any atom is 0.261 e. The number of nitrogen functional groups attached to an aromatic ring is 3. The predicted molar refractivity (Wildman–Crippen MR) is 243 cm³/mol. The molecule has 7 aromatic heterocycles. The molecular formula is C43H39N11O6S2. The molecular weight excluding hydrogens is 831 g/mol. The molecule has 0 aliphatic rings. The summed E-state index contributed by atoms with van der Waals surface area (Å²) in [6.45, 7) is 4.63. The molecule has 0 fully saturated rings. The van der Waals surface area contributed by atoms with Crippen molar-refractivity contribution in [1.82, 2.24) is 39.9 Å². The molecule has 0 bridgehead atoms. The van der Waals surface area contributed by atoms with E-state index in [-0.39, 0.29) is 51.9 Å². The van der Waals surface area contributed by atoms with Crippen LogP contribution in [0.4, 0.5) is 17.8 Å². The van der Waals surface area contributed by atoms with Crippen LogP contribution in [0.25, 0.3) is 32.3 Å². The van der Waals surface area contributed by atoms with E-state index < -0.39 is 0 Å². The molecule has 0 aliphatic carbocycles. The number of Topliss-reactive ketones (excluding diaryl/α,β-unsaturated/α-hetero) is 3. The number of anilines is 3. The number of aromatic nitrogens is 8. The molecule has 0 aliphatic heterocycles. The van der Waals surface area contributed by atoms with Crippen LogP contribution in [0.5, 0.6) is 0 Å². The topological polar surface area (TPSA) is 298 Å². The SMILES string of the molecule is CC(=O)c1ccc(Cc2cc3c(=O)[nH]c(N)nc3[nH]2)cc1.CC(=O)c1ccc(Cc2cc3c(=O)[nH]c(N)nc3[nH]2)s1.CC(=O)c1ccc(Cc2cc3c(=O)[nH]c(N)nc3s2)cc1. The van der Waals surface area contributed by atoms with Gasteiger partial charge in [-0.15, -0.1) is 22.7 Å². The second-order valence-corrected chi connectivity index (χ2v) is 16.5. The van der Waals surface area contributed by atoms with Crippen LogP contribution in [0.1, 0.15) is 83.4 Å². The summed E-state index contributed by atoms with van der Waals surface area (Å²) < 4.78 is 0. The van der Waals surface area contributed by atoms with Crippen LogP contribution in [0, 0.1) is 0 Å². The molecule has 0 atom stereocenters. The fourth-order valence-electron chi connectivity index (χ4n) is 6.44. The lowest BCUT2D eigenvalue weighted by molar-refractivity contribution is 0.100. The van der Waals surface area contributed by atoms with Gasteiger partial charge in [0.25, 0.3) is 16.7 Å². The molecule has 0 unspecified atom stereocenters. The van der Waals surface area contributed by atoms with Crippen LogP contribution in [-0.4, -0.2) is 57.2 Å². The summed E-state index contributed by atoms with van der Waals surface area (Å²) in [6.07, 6.45) is 1.93. The van der Waals surface area contributed by atoms with Crippen molar-refractivity contribution in [3.05, 3.63) is 158 Å².